The minimum atomic E-state index is -0.208. The zero-order valence-electron chi connectivity index (χ0n) is 16.4. The maximum absolute atomic E-state index is 13.6. The van der Waals surface area contributed by atoms with Gasteiger partial charge in [0.2, 0.25) is 11.8 Å². The average Bonchev–Trinajstić information content (AvgIpc) is 3.07. The Morgan fingerprint density at radius 2 is 1.45 bits per heavy atom. The fourth-order valence-corrected chi connectivity index (χ4v) is 4.59. The number of anilines is 1. The third-order valence-corrected chi connectivity index (χ3v) is 6.26. The number of benzene rings is 3. The van der Waals surface area contributed by atoms with Crippen LogP contribution in [0.1, 0.15) is 25.1 Å². The Kier molecular flexibility index (Phi) is 5.41. The van der Waals surface area contributed by atoms with E-state index in [1.807, 2.05) is 72.2 Å². The van der Waals surface area contributed by atoms with Gasteiger partial charge in [0.05, 0.1) is 16.3 Å². The van der Waals surface area contributed by atoms with Gasteiger partial charge in [0.25, 0.3) is 0 Å². The molecule has 146 valence electrons. The van der Waals surface area contributed by atoms with Crippen LogP contribution >= 0.6 is 11.8 Å². The van der Waals surface area contributed by atoms with Gasteiger partial charge < -0.3 is 5.32 Å². The summed E-state index contributed by atoms with van der Waals surface area (Å²) >= 11 is 1.56. The van der Waals surface area contributed by atoms with Gasteiger partial charge in [-0.2, -0.15) is 0 Å². The maximum atomic E-state index is 13.6. The van der Waals surface area contributed by atoms with Crippen LogP contribution < -0.4 is 5.32 Å². The van der Waals surface area contributed by atoms with E-state index in [-0.39, 0.29) is 17.1 Å². The van der Waals surface area contributed by atoms with Gasteiger partial charge in [-0.1, -0.05) is 43.3 Å². The Balaban J connectivity index is 1.68. The number of hydrogen-bond acceptors (Lipinski definition) is 3. The molecular weight excluding hydrogens is 380 g/mol. The van der Waals surface area contributed by atoms with Crippen LogP contribution in [0, 0.1) is 0 Å². The van der Waals surface area contributed by atoms with Crippen LogP contribution in [0.4, 0.5) is 5.69 Å². The quantitative estimate of drug-likeness (QED) is 0.419. The molecule has 1 unspecified atom stereocenters. The Morgan fingerprint density at radius 1 is 0.897 bits per heavy atom. The molecule has 1 heterocycles. The first-order chi connectivity index (χ1) is 14.1. The minimum Gasteiger partial charge on any atom is -0.326 e. The molecule has 4 rings (SSSR count). The second kappa shape index (κ2) is 8.13. The van der Waals surface area contributed by atoms with Crippen LogP contribution in [0.5, 0.6) is 0 Å². The summed E-state index contributed by atoms with van der Waals surface area (Å²) in [6, 6.07) is 23.7. The standard InChI is InChI=1S/C24H22N2O2S/c1-3-23(29-18-14-12-17(13-15-18)25-16(2)27)24(28)26-21-10-6-4-8-19(21)20-9-5-7-11-22(20)26/h4-15,23H,3H2,1-2H3,(H,25,27). The molecule has 0 saturated carbocycles. The SMILES string of the molecule is CCC(Sc1ccc(NC(C)=O)cc1)C(=O)n1c2ccccc2c2ccccc21. The molecular formula is C24H22N2O2S. The molecule has 3 aromatic carbocycles. The second-order valence-electron chi connectivity index (χ2n) is 6.93. The molecule has 1 aromatic heterocycles. The molecule has 0 aliphatic carbocycles. The smallest absolute Gasteiger partial charge is 0.245 e. The predicted octanol–water partition coefficient (Wildman–Crippen LogP) is 5.96. The number of aromatic nitrogens is 1. The third-order valence-electron chi connectivity index (χ3n) is 4.90. The summed E-state index contributed by atoms with van der Waals surface area (Å²) in [6.07, 6.45) is 0.720. The van der Waals surface area contributed by atoms with Crippen molar-refractivity contribution in [3.05, 3.63) is 72.8 Å². The number of nitrogens with one attached hydrogen (secondary N) is 1. The molecule has 0 fully saturated rings. The lowest BCUT2D eigenvalue weighted by Gasteiger charge is -2.16. The van der Waals surface area contributed by atoms with Crippen molar-refractivity contribution < 1.29 is 9.59 Å². The van der Waals surface area contributed by atoms with Crippen molar-refractivity contribution >= 4 is 51.1 Å². The van der Waals surface area contributed by atoms with Crippen LogP contribution in [-0.2, 0) is 4.79 Å². The van der Waals surface area contributed by atoms with Crippen molar-refractivity contribution in [3.8, 4) is 0 Å². The molecule has 5 heteroatoms. The molecule has 0 aliphatic rings. The van der Waals surface area contributed by atoms with Crippen molar-refractivity contribution in [1.82, 2.24) is 4.57 Å². The van der Waals surface area contributed by atoms with E-state index in [4.69, 9.17) is 0 Å². The molecule has 0 aliphatic heterocycles. The van der Waals surface area contributed by atoms with Crippen molar-refractivity contribution in [2.75, 3.05) is 5.32 Å². The number of hydrogen-bond donors (Lipinski definition) is 1. The number of rotatable bonds is 5. The van der Waals surface area contributed by atoms with Gasteiger partial charge in [0, 0.05) is 28.3 Å². The summed E-state index contributed by atoms with van der Waals surface area (Å²) in [5.74, 6) is -0.0146. The molecule has 0 saturated heterocycles. The first-order valence-electron chi connectivity index (χ1n) is 9.65. The van der Waals surface area contributed by atoms with Crippen LogP contribution in [-0.4, -0.2) is 21.6 Å². The van der Waals surface area contributed by atoms with Gasteiger partial charge in [-0.3, -0.25) is 14.2 Å². The van der Waals surface area contributed by atoms with Crippen molar-refractivity contribution in [3.63, 3.8) is 0 Å². The normalized spacial score (nSPS) is 12.2. The van der Waals surface area contributed by atoms with Crippen LogP contribution in [0.3, 0.4) is 0 Å². The summed E-state index contributed by atoms with van der Waals surface area (Å²) < 4.78 is 1.86. The van der Waals surface area contributed by atoms with E-state index in [1.54, 1.807) is 11.8 Å². The lowest BCUT2D eigenvalue weighted by atomic mass is 10.2. The number of carbonyl (C=O) groups excluding carboxylic acids is 2. The molecule has 4 nitrogen and oxygen atoms in total. The van der Waals surface area contributed by atoms with Crippen molar-refractivity contribution in [1.29, 1.82) is 0 Å². The number of carbonyl (C=O) groups is 2. The number of thioether (sulfide) groups is 1. The van der Waals surface area contributed by atoms with Gasteiger partial charge in [0.1, 0.15) is 0 Å². The van der Waals surface area contributed by atoms with Gasteiger partial charge in [-0.25, -0.2) is 0 Å². The molecule has 4 aromatic rings. The zero-order valence-corrected chi connectivity index (χ0v) is 17.2. The lowest BCUT2D eigenvalue weighted by Crippen LogP contribution is -2.23. The Labute approximate surface area is 173 Å². The van der Waals surface area contributed by atoms with E-state index in [2.05, 4.69) is 17.4 Å². The molecule has 0 bridgehead atoms. The highest BCUT2D eigenvalue weighted by Gasteiger charge is 2.23. The average molecular weight is 403 g/mol. The van der Waals surface area contributed by atoms with Crippen molar-refractivity contribution in [2.45, 2.75) is 30.4 Å². The molecule has 1 amide bonds. The number of para-hydroxylation sites is 2. The molecule has 29 heavy (non-hydrogen) atoms. The summed E-state index contributed by atoms with van der Waals surface area (Å²) in [7, 11) is 0. The van der Waals surface area contributed by atoms with Crippen molar-refractivity contribution in [2.24, 2.45) is 0 Å². The monoisotopic (exact) mass is 402 g/mol. The third kappa shape index (κ3) is 3.78. The molecule has 0 radical (unpaired) electrons. The Bertz CT molecular complexity index is 1140. The van der Waals surface area contributed by atoms with Gasteiger partial charge in [-0.05, 0) is 42.8 Å². The summed E-state index contributed by atoms with van der Waals surface area (Å²) in [5, 5.41) is 4.74. The Hall–Kier alpha value is -3.05. The second-order valence-corrected chi connectivity index (χ2v) is 8.20. The first kappa shape index (κ1) is 19.3. The summed E-state index contributed by atoms with van der Waals surface area (Å²) in [5.41, 5.74) is 2.64. The van der Waals surface area contributed by atoms with Crippen LogP contribution in [0.25, 0.3) is 21.8 Å². The highest BCUT2D eigenvalue weighted by atomic mass is 32.2. The van der Waals surface area contributed by atoms with Gasteiger partial charge in [0.15, 0.2) is 0 Å². The van der Waals surface area contributed by atoms with E-state index in [0.717, 1.165) is 38.8 Å². The molecule has 1 N–H and O–H groups in total. The summed E-state index contributed by atoms with van der Waals surface area (Å²) in [4.78, 5) is 25.8. The van der Waals surface area contributed by atoms with E-state index >= 15 is 0 Å². The predicted molar refractivity (Wildman–Crippen MR) is 121 cm³/mol. The van der Waals surface area contributed by atoms with Gasteiger partial charge in [-0.15, -0.1) is 11.8 Å². The zero-order chi connectivity index (χ0) is 20.4. The highest BCUT2D eigenvalue weighted by Crippen LogP contribution is 2.33. The minimum absolute atomic E-state index is 0.0841. The Morgan fingerprint density at radius 3 is 1.97 bits per heavy atom. The van der Waals surface area contributed by atoms with E-state index < -0.39 is 0 Å². The van der Waals surface area contributed by atoms with Crippen LogP contribution in [0.2, 0.25) is 0 Å². The van der Waals surface area contributed by atoms with Gasteiger partial charge >= 0.3 is 0 Å². The lowest BCUT2D eigenvalue weighted by molar-refractivity contribution is -0.114. The van der Waals surface area contributed by atoms with E-state index in [9.17, 15) is 9.59 Å². The largest absolute Gasteiger partial charge is 0.326 e. The fraction of sp³-hybridized carbons (Fsp3) is 0.167. The maximum Gasteiger partial charge on any atom is 0.245 e. The summed E-state index contributed by atoms with van der Waals surface area (Å²) in [6.45, 7) is 3.52. The molecule has 1 atom stereocenters. The first-order valence-corrected chi connectivity index (χ1v) is 10.5. The molecule has 0 spiro atoms. The highest BCUT2D eigenvalue weighted by molar-refractivity contribution is 8.00. The van der Waals surface area contributed by atoms with E-state index in [0.29, 0.717) is 0 Å². The number of nitrogens with zero attached hydrogens (tertiary/aromatic N) is 1. The van der Waals surface area contributed by atoms with Crippen LogP contribution in [0.15, 0.2) is 77.7 Å². The fourth-order valence-electron chi connectivity index (χ4n) is 3.60. The topological polar surface area (TPSA) is 51.1 Å². The van der Waals surface area contributed by atoms with E-state index in [1.165, 1.54) is 6.92 Å². The number of fused-ring (bicyclic) bond motifs is 3. The number of amides is 1.